The van der Waals surface area contributed by atoms with Gasteiger partial charge in [-0.25, -0.2) is 9.79 Å². The number of phenols is 1. The zero-order valence-corrected chi connectivity index (χ0v) is 22.0. The number of carbonyl (C=O) groups excluding carboxylic acids is 1. The number of hydrogen-bond donors (Lipinski definition) is 1. The number of methoxy groups -OCH3 is 2. The highest BCUT2D eigenvalue weighted by Gasteiger charge is 2.34. The fraction of sp³-hybridized carbons (Fsp3) is 0.296. The van der Waals surface area contributed by atoms with E-state index in [9.17, 15) is 14.7 Å². The fourth-order valence-corrected chi connectivity index (χ4v) is 5.23. The third-order valence-electron chi connectivity index (χ3n) is 5.82. The van der Waals surface area contributed by atoms with Crippen molar-refractivity contribution in [2.24, 2.45) is 4.99 Å². The maximum absolute atomic E-state index is 13.7. The van der Waals surface area contributed by atoms with Crippen LogP contribution in [0.3, 0.4) is 0 Å². The molecule has 0 bridgehead atoms. The molecule has 1 atom stereocenters. The lowest BCUT2D eigenvalue weighted by molar-refractivity contribution is -0.139. The number of phenolic OH excluding ortho intramolecular Hbond substituents is 1. The first-order valence-corrected chi connectivity index (χ1v) is 12.5. The fourth-order valence-electron chi connectivity index (χ4n) is 4.19. The zero-order valence-electron chi connectivity index (χ0n) is 21.2. The van der Waals surface area contributed by atoms with Crippen molar-refractivity contribution in [3.05, 3.63) is 78.5 Å². The molecule has 0 amide bonds. The number of carbonyl (C=O) groups is 1. The molecule has 1 aromatic heterocycles. The van der Waals surface area contributed by atoms with Gasteiger partial charge in [0.05, 0.1) is 49.3 Å². The van der Waals surface area contributed by atoms with Crippen LogP contribution in [0, 0.1) is 0 Å². The van der Waals surface area contributed by atoms with Gasteiger partial charge in [-0.1, -0.05) is 23.5 Å². The SMILES string of the molecule is CCOC(=O)C1=C(C)N=c2sc(=Cc3ccc(OC)c(O)c3)c(=O)n2[C@@H]1c1ccc(OC)c(OCC)c1. The number of benzene rings is 2. The summed E-state index contributed by atoms with van der Waals surface area (Å²) in [4.78, 5) is 31.9. The summed E-state index contributed by atoms with van der Waals surface area (Å²) in [5.74, 6) is 0.783. The minimum absolute atomic E-state index is 0.0379. The minimum Gasteiger partial charge on any atom is -0.504 e. The molecule has 2 aromatic carbocycles. The quantitative estimate of drug-likeness (QED) is 0.452. The van der Waals surface area contributed by atoms with Crippen molar-refractivity contribution < 1.29 is 28.8 Å². The number of aromatic nitrogens is 1. The number of thiazole rings is 1. The molecule has 9 nitrogen and oxygen atoms in total. The molecule has 2 heterocycles. The highest BCUT2D eigenvalue weighted by Crippen LogP contribution is 2.36. The van der Waals surface area contributed by atoms with Gasteiger partial charge in [0.2, 0.25) is 0 Å². The molecule has 0 saturated carbocycles. The molecular formula is C27H28N2O7S. The Morgan fingerprint density at radius 3 is 2.46 bits per heavy atom. The van der Waals surface area contributed by atoms with Gasteiger partial charge in [-0.3, -0.25) is 9.36 Å². The average Bonchev–Trinajstić information content (AvgIpc) is 3.17. The van der Waals surface area contributed by atoms with Crippen LogP contribution in [0.1, 0.15) is 37.9 Å². The summed E-state index contributed by atoms with van der Waals surface area (Å²) in [6, 6.07) is 9.40. The van der Waals surface area contributed by atoms with E-state index in [1.54, 1.807) is 57.4 Å². The van der Waals surface area contributed by atoms with Crippen LogP contribution in [0.15, 0.2) is 57.5 Å². The number of allylic oxidation sites excluding steroid dienone is 1. The number of aromatic hydroxyl groups is 1. The van der Waals surface area contributed by atoms with Crippen molar-refractivity contribution in [1.29, 1.82) is 0 Å². The Bertz CT molecular complexity index is 1550. The second kappa shape index (κ2) is 10.9. The molecule has 3 aromatic rings. The summed E-state index contributed by atoms with van der Waals surface area (Å²) in [6.45, 7) is 5.91. The molecule has 1 aliphatic heterocycles. The van der Waals surface area contributed by atoms with E-state index >= 15 is 0 Å². The number of rotatable bonds is 8. The van der Waals surface area contributed by atoms with Crippen LogP contribution in [-0.4, -0.2) is 43.1 Å². The van der Waals surface area contributed by atoms with Gasteiger partial charge in [-0.05, 0) is 62.2 Å². The summed E-state index contributed by atoms with van der Waals surface area (Å²) in [5.41, 5.74) is 1.68. The van der Waals surface area contributed by atoms with Gasteiger partial charge in [-0.15, -0.1) is 0 Å². The number of hydrogen-bond acceptors (Lipinski definition) is 9. The van der Waals surface area contributed by atoms with E-state index < -0.39 is 12.0 Å². The Balaban J connectivity index is 1.94. The molecule has 1 aliphatic rings. The van der Waals surface area contributed by atoms with Crippen molar-refractivity contribution in [3.8, 4) is 23.0 Å². The van der Waals surface area contributed by atoms with Gasteiger partial charge < -0.3 is 24.1 Å². The molecule has 0 unspecified atom stereocenters. The molecule has 194 valence electrons. The molecule has 0 fully saturated rings. The predicted octanol–water partition coefficient (Wildman–Crippen LogP) is 2.92. The summed E-state index contributed by atoms with van der Waals surface area (Å²) in [6.07, 6.45) is 1.67. The van der Waals surface area contributed by atoms with Gasteiger partial charge in [0.15, 0.2) is 27.8 Å². The minimum atomic E-state index is -0.785. The van der Waals surface area contributed by atoms with Crippen LogP contribution in [0.25, 0.3) is 6.08 Å². The van der Waals surface area contributed by atoms with Crippen LogP contribution >= 0.6 is 11.3 Å². The van der Waals surface area contributed by atoms with Crippen LogP contribution < -0.4 is 29.1 Å². The van der Waals surface area contributed by atoms with Gasteiger partial charge in [0.1, 0.15) is 0 Å². The van der Waals surface area contributed by atoms with Crippen molar-refractivity contribution in [2.45, 2.75) is 26.8 Å². The first-order chi connectivity index (χ1) is 17.8. The van der Waals surface area contributed by atoms with Crippen LogP contribution in [-0.2, 0) is 9.53 Å². The van der Waals surface area contributed by atoms with Gasteiger partial charge in [0.25, 0.3) is 5.56 Å². The van der Waals surface area contributed by atoms with E-state index in [-0.39, 0.29) is 23.5 Å². The molecule has 1 N–H and O–H groups in total. The lowest BCUT2D eigenvalue weighted by Crippen LogP contribution is -2.40. The molecule has 0 radical (unpaired) electrons. The smallest absolute Gasteiger partial charge is 0.338 e. The molecule has 0 aliphatic carbocycles. The third-order valence-corrected chi connectivity index (χ3v) is 6.80. The van der Waals surface area contributed by atoms with Crippen LogP contribution in [0.2, 0.25) is 0 Å². The number of ether oxygens (including phenoxy) is 4. The Labute approximate surface area is 217 Å². The second-order valence-electron chi connectivity index (χ2n) is 8.08. The third kappa shape index (κ3) is 4.97. The lowest BCUT2D eigenvalue weighted by Gasteiger charge is -2.25. The molecule has 4 rings (SSSR count). The molecule has 37 heavy (non-hydrogen) atoms. The van der Waals surface area contributed by atoms with E-state index in [1.165, 1.54) is 29.1 Å². The predicted molar refractivity (Wildman–Crippen MR) is 139 cm³/mol. The van der Waals surface area contributed by atoms with Crippen molar-refractivity contribution in [2.75, 3.05) is 27.4 Å². The van der Waals surface area contributed by atoms with Gasteiger partial charge in [0, 0.05) is 0 Å². The number of nitrogens with zero attached hydrogens (tertiary/aromatic N) is 2. The Kier molecular flexibility index (Phi) is 7.68. The largest absolute Gasteiger partial charge is 0.504 e. The van der Waals surface area contributed by atoms with E-state index in [1.807, 2.05) is 6.92 Å². The second-order valence-corrected chi connectivity index (χ2v) is 9.09. The summed E-state index contributed by atoms with van der Waals surface area (Å²) < 4.78 is 23.5. The van der Waals surface area contributed by atoms with Crippen LogP contribution in [0.5, 0.6) is 23.0 Å². The Morgan fingerprint density at radius 1 is 1.08 bits per heavy atom. The number of fused-ring (bicyclic) bond motifs is 1. The standard InChI is InChI=1S/C27H28N2O7S/c1-6-35-21-14-17(9-11-20(21)34-5)24-23(26(32)36-7-2)15(3)28-27-29(24)25(31)22(37-27)13-16-8-10-19(33-4)18(30)12-16/h8-14,24,30H,6-7H2,1-5H3/t24-/m1/s1. The molecule has 0 saturated heterocycles. The lowest BCUT2D eigenvalue weighted by atomic mass is 9.95. The van der Waals surface area contributed by atoms with Gasteiger partial charge in [-0.2, -0.15) is 0 Å². The highest BCUT2D eigenvalue weighted by atomic mass is 32.1. The summed E-state index contributed by atoms with van der Waals surface area (Å²) >= 11 is 1.20. The topological polar surface area (TPSA) is 109 Å². The molecule has 10 heteroatoms. The van der Waals surface area contributed by atoms with E-state index in [0.29, 0.717) is 50.0 Å². The number of esters is 1. The van der Waals surface area contributed by atoms with Crippen molar-refractivity contribution >= 4 is 23.4 Å². The monoisotopic (exact) mass is 524 g/mol. The first kappa shape index (κ1) is 26.0. The van der Waals surface area contributed by atoms with Crippen molar-refractivity contribution in [1.82, 2.24) is 4.57 Å². The summed E-state index contributed by atoms with van der Waals surface area (Å²) in [7, 11) is 3.01. The summed E-state index contributed by atoms with van der Waals surface area (Å²) in [5, 5.41) is 10.2. The highest BCUT2D eigenvalue weighted by molar-refractivity contribution is 7.07. The normalized spacial score (nSPS) is 15.2. The zero-order chi connectivity index (χ0) is 26.7. The molecular weight excluding hydrogens is 496 g/mol. The Morgan fingerprint density at radius 2 is 1.81 bits per heavy atom. The molecule has 0 spiro atoms. The van der Waals surface area contributed by atoms with Crippen molar-refractivity contribution in [3.63, 3.8) is 0 Å². The maximum atomic E-state index is 13.7. The van der Waals surface area contributed by atoms with E-state index in [0.717, 1.165) is 0 Å². The Hall–Kier alpha value is -4.05. The van der Waals surface area contributed by atoms with Crippen LogP contribution in [0.4, 0.5) is 0 Å². The maximum Gasteiger partial charge on any atom is 0.338 e. The van der Waals surface area contributed by atoms with Gasteiger partial charge >= 0.3 is 5.97 Å². The average molecular weight is 525 g/mol. The first-order valence-electron chi connectivity index (χ1n) is 11.7. The van der Waals surface area contributed by atoms with E-state index in [2.05, 4.69) is 4.99 Å². The van der Waals surface area contributed by atoms with E-state index in [4.69, 9.17) is 18.9 Å².